The van der Waals surface area contributed by atoms with Crippen molar-refractivity contribution < 1.29 is 18.3 Å². The highest BCUT2D eigenvalue weighted by Crippen LogP contribution is 2.37. The predicted molar refractivity (Wildman–Crippen MR) is 67.6 cm³/mol. The molecule has 2 atom stereocenters. The molecule has 0 amide bonds. The first kappa shape index (κ1) is 12.9. The van der Waals surface area contributed by atoms with E-state index in [-0.39, 0.29) is 4.90 Å². The van der Waals surface area contributed by atoms with Gasteiger partial charge in [-0.3, -0.25) is 4.79 Å². The van der Waals surface area contributed by atoms with Crippen LogP contribution in [0.15, 0.2) is 17.0 Å². The predicted octanol–water partition coefficient (Wildman–Crippen LogP) is 1.34. The van der Waals surface area contributed by atoms with Gasteiger partial charge in [-0.15, -0.1) is 0 Å². The number of fused-ring (bicyclic) bond motifs is 1. The number of sulfone groups is 1. The third kappa shape index (κ3) is 1.68. The number of benzene rings is 1. The molecule has 0 aliphatic carbocycles. The Morgan fingerprint density at radius 1 is 1.28 bits per heavy atom. The summed E-state index contributed by atoms with van der Waals surface area (Å²) in [6, 6.07) is 2.87. The maximum Gasteiger partial charge on any atom is 0.324 e. The highest BCUT2D eigenvalue weighted by molar-refractivity contribution is 7.93. The lowest BCUT2D eigenvalue weighted by Gasteiger charge is -2.31. The van der Waals surface area contributed by atoms with Gasteiger partial charge in [-0.25, -0.2) is 8.42 Å². The van der Waals surface area contributed by atoms with E-state index >= 15 is 0 Å². The Hall–Kier alpha value is -1.56. The largest absolute Gasteiger partial charge is 0.480 e. The number of anilines is 1. The van der Waals surface area contributed by atoms with Crippen LogP contribution in [0.2, 0.25) is 0 Å². The molecule has 0 saturated carbocycles. The Morgan fingerprint density at radius 2 is 1.83 bits per heavy atom. The van der Waals surface area contributed by atoms with Gasteiger partial charge in [0.2, 0.25) is 0 Å². The monoisotopic (exact) mass is 269 g/mol. The first-order valence-corrected chi connectivity index (χ1v) is 7.15. The van der Waals surface area contributed by atoms with E-state index in [0.29, 0.717) is 11.3 Å². The standard InChI is InChI=1S/C12H15NO4S/c1-6-4-5-7(2)10-9(6)13-8(3)11(12(14)15)18(10,16)17/h4-5,8,11,13H,1-3H3,(H,14,15). The van der Waals surface area contributed by atoms with E-state index in [2.05, 4.69) is 5.32 Å². The van der Waals surface area contributed by atoms with Crippen LogP contribution in [0.5, 0.6) is 0 Å². The molecule has 98 valence electrons. The van der Waals surface area contributed by atoms with Crippen molar-refractivity contribution in [1.29, 1.82) is 0 Å². The zero-order valence-electron chi connectivity index (χ0n) is 10.4. The fraction of sp³-hybridized carbons (Fsp3) is 0.417. The Balaban J connectivity index is 2.79. The van der Waals surface area contributed by atoms with Gasteiger partial charge in [0.1, 0.15) is 0 Å². The van der Waals surface area contributed by atoms with Gasteiger partial charge >= 0.3 is 5.97 Å². The summed E-state index contributed by atoms with van der Waals surface area (Å²) in [7, 11) is -3.85. The Kier molecular flexibility index (Phi) is 2.85. The summed E-state index contributed by atoms with van der Waals surface area (Å²) < 4.78 is 24.8. The second-order valence-electron chi connectivity index (χ2n) is 4.64. The van der Waals surface area contributed by atoms with E-state index in [0.717, 1.165) is 5.56 Å². The van der Waals surface area contributed by atoms with Crippen LogP contribution in [0.3, 0.4) is 0 Å². The number of hydrogen-bond acceptors (Lipinski definition) is 4. The van der Waals surface area contributed by atoms with Crippen molar-refractivity contribution in [1.82, 2.24) is 0 Å². The molecule has 1 aromatic rings. The summed E-state index contributed by atoms with van der Waals surface area (Å²) in [5, 5.41) is 10.7. The molecule has 1 aliphatic rings. The van der Waals surface area contributed by atoms with Crippen molar-refractivity contribution in [3.63, 3.8) is 0 Å². The van der Waals surface area contributed by atoms with Crippen LogP contribution in [0.1, 0.15) is 18.1 Å². The van der Waals surface area contributed by atoms with Crippen LogP contribution in [-0.4, -0.2) is 30.8 Å². The number of hydrogen-bond donors (Lipinski definition) is 2. The molecular formula is C12H15NO4S. The van der Waals surface area contributed by atoms with Crippen LogP contribution in [0.4, 0.5) is 5.69 Å². The normalized spacial score (nSPS) is 25.1. The van der Waals surface area contributed by atoms with E-state index in [1.54, 1.807) is 26.8 Å². The van der Waals surface area contributed by atoms with Crippen LogP contribution in [-0.2, 0) is 14.6 Å². The molecule has 0 aromatic heterocycles. The lowest BCUT2D eigenvalue weighted by atomic mass is 10.1. The van der Waals surface area contributed by atoms with Crippen LogP contribution in [0.25, 0.3) is 0 Å². The van der Waals surface area contributed by atoms with Crippen molar-refractivity contribution in [2.45, 2.75) is 37.0 Å². The summed E-state index contributed by atoms with van der Waals surface area (Å²) in [6.45, 7) is 5.04. The van der Waals surface area contributed by atoms with Crippen LogP contribution < -0.4 is 5.32 Å². The number of aryl methyl sites for hydroxylation is 2. The summed E-state index contributed by atoms with van der Waals surface area (Å²) in [4.78, 5) is 11.3. The number of nitrogens with one attached hydrogen (secondary N) is 1. The molecule has 0 bridgehead atoms. The SMILES string of the molecule is Cc1ccc(C)c2c1NC(C)C(C(=O)O)S2(=O)=O. The number of carboxylic acid groups (broad SMARTS) is 1. The van der Waals surface area contributed by atoms with Crippen molar-refractivity contribution in [3.8, 4) is 0 Å². The fourth-order valence-electron chi connectivity index (χ4n) is 2.38. The van der Waals surface area contributed by atoms with E-state index in [9.17, 15) is 13.2 Å². The van der Waals surface area contributed by atoms with E-state index in [4.69, 9.17) is 5.11 Å². The van der Waals surface area contributed by atoms with Crippen molar-refractivity contribution in [2.24, 2.45) is 0 Å². The molecule has 1 aromatic carbocycles. The fourth-order valence-corrected chi connectivity index (χ4v) is 4.52. The minimum absolute atomic E-state index is 0.119. The molecule has 0 saturated heterocycles. The molecule has 2 N–H and O–H groups in total. The third-order valence-electron chi connectivity index (χ3n) is 3.25. The first-order valence-electron chi connectivity index (χ1n) is 5.60. The lowest BCUT2D eigenvalue weighted by molar-refractivity contribution is -0.136. The van der Waals surface area contributed by atoms with Crippen LogP contribution >= 0.6 is 0 Å². The molecule has 0 fully saturated rings. The molecule has 5 nitrogen and oxygen atoms in total. The van der Waals surface area contributed by atoms with Crippen LogP contribution in [0, 0.1) is 13.8 Å². The molecular weight excluding hydrogens is 254 g/mol. The van der Waals surface area contributed by atoms with Crippen molar-refractivity contribution in [2.75, 3.05) is 5.32 Å². The average Bonchev–Trinajstić information content (AvgIpc) is 2.21. The Labute approximate surface area is 106 Å². The lowest BCUT2D eigenvalue weighted by Crippen LogP contribution is -2.47. The molecule has 2 rings (SSSR count). The second-order valence-corrected chi connectivity index (χ2v) is 6.65. The van der Waals surface area contributed by atoms with E-state index in [1.807, 2.05) is 6.07 Å². The van der Waals surface area contributed by atoms with Gasteiger partial charge in [0.25, 0.3) is 0 Å². The molecule has 0 spiro atoms. The van der Waals surface area contributed by atoms with Gasteiger partial charge in [0, 0.05) is 0 Å². The molecule has 1 aliphatic heterocycles. The number of carboxylic acids is 1. The summed E-state index contributed by atoms with van der Waals surface area (Å²) >= 11 is 0. The Morgan fingerprint density at radius 3 is 2.39 bits per heavy atom. The Bertz CT molecular complexity index is 621. The van der Waals surface area contributed by atoms with Gasteiger partial charge in [0.05, 0.1) is 16.6 Å². The number of carbonyl (C=O) groups is 1. The van der Waals surface area contributed by atoms with E-state index < -0.39 is 27.1 Å². The maximum atomic E-state index is 12.4. The zero-order valence-corrected chi connectivity index (χ0v) is 11.2. The van der Waals surface area contributed by atoms with Crippen molar-refractivity contribution in [3.05, 3.63) is 23.3 Å². The topological polar surface area (TPSA) is 83.5 Å². The number of rotatable bonds is 1. The van der Waals surface area contributed by atoms with E-state index in [1.165, 1.54) is 0 Å². The third-order valence-corrected chi connectivity index (χ3v) is 5.62. The first-order chi connectivity index (χ1) is 8.26. The zero-order chi connectivity index (χ0) is 13.7. The van der Waals surface area contributed by atoms with Gasteiger partial charge in [-0.2, -0.15) is 0 Å². The highest BCUT2D eigenvalue weighted by atomic mass is 32.2. The summed E-state index contributed by atoms with van der Waals surface area (Å²) in [5.74, 6) is -1.32. The molecule has 6 heteroatoms. The maximum absolute atomic E-state index is 12.4. The number of aliphatic carboxylic acids is 1. The minimum Gasteiger partial charge on any atom is -0.480 e. The van der Waals surface area contributed by atoms with Crippen molar-refractivity contribution >= 4 is 21.5 Å². The molecule has 0 radical (unpaired) electrons. The smallest absolute Gasteiger partial charge is 0.324 e. The quantitative estimate of drug-likeness (QED) is 0.804. The average molecular weight is 269 g/mol. The highest BCUT2D eigenvalue weighted by Gasteiger charge is 2.44. The van der Waals surface area contributed by atoms with Gasteiger partial charge in [0.15, 0.2) is 15.1 Å². The van der Waals surface area contributed by atoms with Gasteiger partial charge in [-0.05, 0) is 31.9 Å². The minimum atomic E-state index is -3.85. The van der Waals surface area contributed by atoms with Gasteiger partial charge in [-0.1, -0.05) is 12.1 Å². The summed E-state index contributed by atoms with van der Waals surface area (Å²) in [6.07, 6.45) is 0. The summed E-state index contributed by atoms with van der Waals surface area (Å²) in [5.41, 5.74) is 1.90. The second kappa shape index (κ2) is 3.98. The van der Waals surface area contributed by atoms with Gasteiger partial charge < -0.3 is 10.4 Å². The molecule has 18 heavy (non-hydrogen) atoms. The molecule has 1 heterocycles. The molecule has 2 unspecified atom stereocenters.